The summed E-state index contributed by atoms with van der Waals surface area (Å²) in [6.07, 6.45) is 1.74. The molecule has 1 saturated heterocycles. The Morgan fingerprint density at radius 3 is 2.43 bits per heavy atom. The summed E-state index contributed by atoms with van der Waals surface area (Å²) in [6.45, 7) is 1.07. The lowest BCUT2D eigenvalue weighted by Gasteiger charge is -2.15. The van der Waals surface area contributed by atoms with Crippen LogP contribution in [0.4, 0.5) is 6.01 Å². The number of hydrogen-bond donors (Lipinski definition) is 1. The molecule has 3 aromatic rings. The maximum Gasteiger partial charge on any atom is 0.322 e. The average Bonchev–Trinajstić information content (AvgIpc) is 3.46. The molecule has 0 spiro atoms. The second-order valence-corrected chi connectivity index (χ2v) is 9.68. The highest BCUT2D eigenvalue weighted by molar-refractivity contribution is 7.98. The Bertz CT molecular complexity index is 1110. The first-order valence-electron chi connectivity index (χ1n) is 9.44. The van der Waals surface area contributed by atoms with Crippen molar-refractivity contribution in [1.29, 1.82) is 0 Å². The van der Waals surface area contributed by atoms with Gasteiger partial charge in [-0.1, -0.05) is 23.3 Å². The van der Waals surface area contributed by atoms with Crippen molar-refractivity contribution in [2.75, 3.05) is 18.4 Å². The van der Waals surface area contributed by atoms with Crippen molar-refractivity contribution in [2.45, 2.75) is 28.4 Å². The molecule has 30 heavy (non-hydrogen) atoms. The zero-order valence-corrected chi connectivity index (χ0v) is 17.7. The van der Waals surface area contributed by atoms with Gasteiger partial charge in [0, 0.05) is 23.5 Å². The maximum absolute atomic E-state index is 12.6. The minimum atomic E-state index is -3.51. The van der Waals surface area contributed by atoms with E-state index in [4.69, 9.17) is 4.42 Å². The van der Waals surface area contributed by atoms with Gasteiger partial charge < -0.3 is 4.42 Å². The minimum Gasteiger partial charge on any atom is -0.407 e. The lowest BCUT2D eigenvalue weighted by atomic mass is 10.2. The second kappa shape index (κ2) is 8.99. The Balaban J connectivity index is 1.36. The molecule has 0 unspecified atom stereocenters. The topological polar surface area (TPSA) is 105 Å². The molecule has 1 aliphatic heterocycles. The van der Waals surface area contributed by atoms with Crippen molar-refractivity contribution in [3.8, 4) is 0 Å². The molecule has 0 atom stereocenters. The van der Waals surface area contributed by atoms with Crippen LogP contribution in [0, 0.1) is 0 Å². The smallest absolute Gasteiger partial charge is 0.322 e. The molecule has 1 amide bonds. The summed E-state index contributed by atoms with van der Waals surface area (Å²) < 4.78 is 32.1. The number of thioether (sulfide) groups is 1. The number of sulfonamides is 1. The quantitative estimate of drug-likeness (QED) is 0.557. The van der Waals surface area contributed by atoms with Crippen molar-refractivity contribution >= 4 is 33.7 Å². The molecule has 10 heteroatoms. The van der Waals surface area contributed by atoms with Crippen LogP contribution >= 0.6 is 11.8 Å². The van der Waals surface area contributed by atoms with Crippen LogP contribution in [0.3, 0.4) is 0 Å². The Kier molecular flexibility index (Phi) is 6.16. The zero-order chi connectivity index (χ0) is 21.0. The summed E-state index contributed by atoms with van der Waals surface area (Å²) >= 11 is 1.55. The van der Waals surface area contributed by atoms with Gasteiger partial charge in [0.05, 0.1) is 10.6 Å². The van der Waals surface area contributed by atoms with Crippen LogP contribution in [0.5, 0.6) is 0 Å². The molecule has 2 aromatic carbocycles. The molecule has 1 fully saturated rings. The van der Waals surface area contributed by atoms with Crippen molar-refractivity contribution in [3.05, 3.63) is 66.1 Å². The average molecular weight is 445 g/mol. The van der Waals surface area contributed by atoms with Crippen LogP contribution in [0.15, 0.2) is 68.8 Å². The first-order valence-corrected chi connectivity index (χ1v) is 11.9. The highest BCUT2D eigenvalue weighted by atomic mass is 32.2. The van der Waals surface area contributed by atoms with E-state index in [1.807, 2.05) is 30.3 Å². The normalized spacial score (nSPS) is 14.7. The number of amides is 1. The van der Waals surface area contributed by atoms with Gasteiger partial charge in [-0.15, -0.1) is 16.9 Å². The number of aromatic nitrogens is 2. The van der Waals surface area contributed by atoms with Crippen LogP contribution in [0.25, 0.3) is 0 Å². The number of anilines is 1. The number of rotatable bonds is 7. The molecule has 1 aliphatic rings. The van der Waals surface area contributed by atoms with Gasteiger partial charge in [0.1, 0.15) is 0 Å². The maximum atomic E-state index is 12.6. The Hall–Kier alpha value is -2.69. The molecular formula is C20H20N4O4S2. The lowest BCUT2D eigenvalue weighted by Crippen LogP contribution is -2.27. The number of hydrogen-bond acceptors (Lipinski definition) is 7. The molecule has 0 saturated carbocycles. The first-order chi connectivity index (χ1) is 14.5. The fourth-order valence-corrected chi connectivity index (χ4v) is 5.32. The van der Waals surface area contributed by atoms with Crippen molar-refractivity contribution < 1.29 is 17.6 Å². The summed E-state index contributed by atoms with van der Waals surface area (Å²) in [5.41, 5.74) is 0.300. The van der Waals surface area contributed by atoms with E-state index in [0.717, 1.165) is 17.7 Å². The Labute approximate surface area is 178 Å². The summed E-state index contributed by atoms with van der Waals surface area (Å²) in [6, 6.07) is 15.6. The fraction of sp³-hybridized carbons (Fsp3) is 0.250. The van der Waals surface area contributed by atoms with Gasteiger partial charge in [-0.2, -0.15) is 4.31 Å². The summed E-state index contributed by atoms with van der Waals surface area (Å²) in [7, 11) is -3.51. The second-order valence-electron chi connectivity index (χ2n) is 6.69. The monoisotopic (exact) mass is 444 g/mol. The lowest BCUT2D eigenvalue weighted by molar-refractivity contribution is 0.102. The number of benzene rings is 2. The van der Waals surface area contributed by atoms with E-state index in [1.165, 1.54) is 28.6 Å². The van der Waals surface area contributed by atoms with Crippen LogP contribution < -0.4 is 5.32 Å². The molecule has 0 bridgehead atoms. The van der Waals surface area contributed by atoms with Crippen molar-refractivity contribution in [3.63, 3.8) is 0 Å². The van der Waals surface area contributed by atoms with E-state index < -0.39 is 15.9 Å². The van der Waals surface area contributed by atoms with Gasteiger partial charge in [-0.3, -0.25) is 10.1 Å². The van der Waals surface area contributed by atoms with E-state index in [1.54, 1.807) is 11.8 Å². The van der Waals surface area contributed by atoms with Crippen molar-refractivity contribution in [2.24, 2.45) is 0 Å². The van der Waals surface area contributed by atoms with Crippen LogP contribution in [0.1, 0.15) is 29.1 Å². The highest BCUT2D eigenvalue weighted by Crippen LogP contribution is 2.23. The molecule has 2 heterocycles. The van der Waals surface area contributed by atoms with Gasteiger partial charge in [0.25, 0.3) is 5.91 Å². The molecule has 4 rings (SSSR count). The SMILES string of the molecule is O=C(Nc1nnc(CSc2ccccc2)o1)c1ccc(S(=O)(=O)N2CCCC2)cc1. The molecular weight excluding hydrogens is 424 g/mol. The number of nitrogens with one attached hydrogen (secondary N) is 1. The predicted octanol–water partition coefficient (Wildman–Crippen LogP) is 3.40. The summed E-state index contributed by atoms with van der Waals surface area (Å²) in [5.74, 6) is 0.424. The summed E-state index contributed by atoms with van der Waals surface area (Å²) in [5, 5.41) is 10.3. The van der Waals surface area contributed by atoms with Gasteiger partial charge >= 0.3 is 6.01 Å². The number of carbonyl (C=O) groups excluding carboxylic acids is 1. The van der Waals surface area contributed by atoms with E-state index in [2.05, 4.69) is 15.5 Å². The zero-order valence-electron chi connectivity index (χ0n) is 16.0. The largest absolute Gasteiger partial charge is 0.407 e. The standard InChI is InChI=1S/C20H20N4O4S2/c25-19(15-8-10-17(11-9-15)30(26,27)24-12-4-5-13-24)21-20-23-22-18(28-20)14-29-16-6-2-1-3-7-16/h1-3,6-11H,4-5,12-14H2,(H,21,23,25). The molecule has 0 aliphatic carbocycles. The summed E-state index contributed by atoms with van der Waals surface area (Å²) in [4.78, 5) is 13.7. The Morgan fingerprint density at radius 2 is 1.73 bits per heavy atom. The third kappa shape index (κ3) is 4.72. The minimum absolute atomic E-state index is 0.00238. The van der Waals surface area contributed by atoms with Gasteiger partial charge in [0.2, 0.25) is 15.9 Å². The molecule has 0 radical (unpaired) electrons. The predicted molar refractivity (Wildman–Crippen MR) is 113 cm³/mol. The first kappa shape index (κ1) is 20.6. The third-order valence-electron chi connectivity index (χ3n) is 4.61. The van der Waals surface area contributed by atoms with E-state index in [0.29, 0.717) is 30.3 Å². The molecule has 1 aromatic heterocycles. The van der Waals surface area contributed by atoms with Gasteiger partial charge in [-0.05, 0) is 49.2 Å². The fourth-order valence-electron chi connectivity index (χ4n) is 3.05. The number of carbonyl (C=O) groups is 1. The van der Waals surface area contributed by atoms with Gasteiger partial charge in [-0.25, -0.2) is 8.42 Å². The molecule has 8 nitrogen and oxygen atoms in total. The number of nitrogens with zero attached hydrogens (tertiary/aromatic N) is 3. The van der Waals surface area contributed by atoms with E-state index in [-0.39, 0.29) is 10.9 Å². The van der Waals surface area contributed by atoms with Crippen LogP contribution in [0.2, 0.25) is 0 Å². The Morgan fingerprint density at radius 1 is 1.03 bits per heavy atom. The van der Waals surface area contributed by atoms with Crippen molar-refractivity contribution in [1.82, 2.24) is 14.5 Å². The van der Waals surface area contributed by atoms with Gasteiger partial charge in [0.15, 0.2) is 0 Å². The van der Waals surface area contributed by atoms with E-state index in [9.17, 15) is 13.2 Å². The highest BCUT2D eigenvalue weighted by Gasteiger charge is 2.27. The third-order valence-corrected chi connectivity index (χ3v) is 7.52. The molecule has 156 valence electrons. The van der Waals surface area contributed by atoms with Crippen LogP contribution in [-0.4, -0.2) is 41.9 Å². The van der Waals surface area contributed by atoms with E-state index >= 15 is 0 Å². The molecule has 1 N–H and O–H groups in total. The van der Waals surface area contributed by atoms with Crippen LogP contribution in [-0.2, 0) is 15.8 Å².